The van der Waals surface area contributed by atoms with Crippen molar-refractivity contribution in [2.45, 2.75) is 6.42 Å². The molecule has 2 aliphatic heterocycles. The molecule has 2 amide bonds. The van der Waals surface area contributed by atoms with Gasteiger partial charge in [-0.05, 0) is 12.5 Å². The topological polar surface area (TPSA) is 82.6 Å². The molecular formula is C21H29N3O5. The minimum absolute atomic E-state index is 0.113. The number of nitrogens with zero attached hydrogens (tertiary/aromatic N) is 3. The molecule has 2 heterocycles. The van der Waals surface area contributed by atoms with Gasteiger partial charge in [-0.25, -0.2) is 0 Å². The molecule has 158 valence electrons. The summed E-state index contributed by atoms with van der Waals surface area (Å²) < 4.78 is 10.8. The summed E-state index contributed by atoms with van der Waals surface area (Å²) in [6.45, 7) is 4.49. The zero-order valence-electron chi connectivity index (χ0n) is 17.1. The van der Waals surface area contributed by atoms with E-state index in [0.717, 1.165) is 32.8 Å². The Morgan fingerprint density at radius 3 is 2.55 bits per heavy atom. The van der Waals surface area contributed by atoms with Crippen LogP contribution in [0.4, 0.5) is 0 Å². The first kappa shape index (κ1) is 21.3. The van der Waals surface area contributed by atoms with Gasteiger partial charge in [-0.1, -0.05) is 18.2 Å². The van der Waals surface area contributed by atoms with E-state index < -0.39 is 0 Å². The number of imide groups is 1. The van der Waals surface area contributed by atoms with Gasteiger partial charge < -0.3 is 19.5 Å². The van der Waals surface area contributed by atoms with Crippen LogP contribution in [0.2, 0.25) is 0 Å². The zero-order valence-corrected chi connectivity index (χ0v) is 17.1. The number of rotatable bonds is 9. The minimum atomic E-state index is -0.325. The maximum absolute atomic E-state index is 13.3. The van der Waals surface area contributed by atoms with Crippen LogP contribution in [-0.2, 0) is 14.3 Å². The molecule has 8 nitrogen and oxygen atoms in total. The van der Waals surface area contributed by atoms with Gasteiger partial charge in [-0.2, -0.15) is 0 Å². The van der Waals surface area contributed by atoms with Crippen molar-refractivity contribution in [2.24, 2.45) is 0 Å². The number of para-hydroxylation sites is 1. The Hall–Kier alpha value is -2.42. The number of carbonyl (C=O) groups excluding carboxylic acids is 2. The van der Waals surface area contributed by atoms with Crippen LogP contribution in [0.3, 0.4) is 0 Å². The van der Waals surface area contributed by atoms with Gasteiger partial charge in [0, 0.05) is 45.3 Å². The normalized spacial score (nSPS) is 18.0. The van der Waals surface area contributed by atoms with E-state index in [2.05, 4.69) is 4.90 Å². The Kier molecular flexibility index (Phi) is 7.24. The predicted octanol–water partition coefficient (Wildman–Crippen LogP) is 0.422. The molecule has 0 aromatic heterocycles. The average Bonchev–Trinajstić information content (AvgIpc) is 2.99. The molecular weight excluding hydrogens is 374 g/mol. The first-order valence-corrected chi connectivity index (χ1v) is 9.94. The molecule has 0 aliphatic carbocycles. The molecule has 0 atom stereocenters. The number of morpholine rings is 1. The fraction of sp³-hybridized carbons (Fsp3) is 0.524. The van der Waals surface area contributed by atoms with E-state index in [-0.39, 0.29) is 25.0 Å². The third-order valence-electron chi connectivity index (χ3n) is 5.30. The van der Waals surface area contributed by atoms with E-state index in [0.29, 0.717) is 35.5 Å². The van der Waals surface area contributed by atoms with Crippen molar-refractivity contribution in [3.05, 3.63) is 35.5 Å². The van der Waals surface area contributed by atoms with E-state index in [4.69, 9.17) is 9.47 Å². The number of aliphatic hydroxyl groups excluding tert-OH is 1. The van der Waals surface area contributed by atoms with Gasteiger partial charge in [0.25, 0.3) is 11.8 Å². The van der Waals surface area contributed by atoms with Crippen LogP contribution >= 0.6 is 0 Å². The number of likely N-dealkylation sites (N-methyl/N-ethyl adjacent to an activating group) is 1. The Balaban J connectivity index is 1.82. The molecule has 0 bridgehead atoms. The Labute approximate surface area is 171 Å². The van der Waals surface area contributed by atoms with Crippen LogP contribution in [-0.4, -0.2) is 98.3 Å². The predicted molar refractivity (Wildman–Crippen MR) is 108 cm³/mol. The summed E-state index contributed by atoms with van der Waals surface area (Å²) in [4.78, 5) is 31.6. The Bertz CT molecular complexity index is 773. The largest absolute Gasteiger partial charge is 0.496 e. The third-order valence-corrected chi connectivity index (χ3v) is 5.30. The highest BCUT2D eigenvalue weighted by molar-refractivity contribution is 6.36. The third kappa shape index (κ3) is 4.60. The lowest BCUT2D eigenvalue weighted by Gasteiger charge is -2.27. The molecule has 1 saturated heterocycles. The molecule has 1 N–H and O–H groups in total. The molecule has 29 heavy (non-hydrogen) atoms. The summed E-state index contributed by atoms with van der Waals surface area (Å²) in [5.74, 6) is -0.108. The molecule has 0 saturated carbocycles. The van der Waals surface area contributed by atoms with E-state index in [1.807, 2.05) is 12.1 Å². The minimum Gasteiger partial charge on any atom is -0.496 e. The number of carbonyl (C=O) groups is 2. The van der Waals surface area contributed by atoms with Crippen molar-refractivity contribution in [1.82, 2.24) is 14.7 Å². The molecule has 8 heteroatoms. The highest BCUT2D eigenvalue weighted by Gasteiger charge is 2.41. The van der Waals surface area contributed by atoms with Gasteiger partial charge in [-0.3, -0.25) is 19.4 Å². The maximum Gasteiger partial charge on any atom is 0.277 e. The smallest absolute Gasteiger partial charge is 0.277 e. The molecule has 2 aliphatic rings. The summed E-state index contributed by atoms with van der Waals surface area (Å²) in [6.07, 6.45) is 0.702. The molecule has 0 radical (unpaired) electrons. The molecule has 3 rings (SSSR count). The summed E-state index contributed by atoms with van der Waals surface area (Å²) in [5.41, 5.74) is 1.22. The van der Waals surface area contributed by atoms with Crippen LogP contribution in [0.15, 0.2) is 30.0 Å². The van der Waals surface area contributed by atoms with Gasteiger partial charge in [0.2, 0.25) is 0 Å². The molecule has 0 unspecified atom stereocenters. The number of methoxy groups -OCH3 is 1. The highest BCUT2D eigenvalue weighted by Crippen LogP contribution is 2.35. The summed E-state index contributed by atoms with van der Waals surface area (Å²) in [6, 6.07) is 7.18. The van der Waals surface area contributed by atoms with E-state index in [1.165, 1.54) is 12.0 Å². The van der Waals surface area contributed by atoms with Crippen molar-refractivity contribution in [1.29, 1.82) is 0 Å². The van der Waals surface area contributed by atoms with Gasteiger partial charge in [0.1, 0.15) is 11.4 Å². The maximum atomic E-state index is 13.3. The van der Waals surface area contributed by atoms with Gasteiger partial charge in [0.15, 0.2) is 0 Å². The van der Waals surface area contributed by atoms with Crippen molar-refractivity contribution in [3.8, 4) is 5.75 Å². The van der Waals surface area contributed by atoms with E-state index in [1.54, 1.807) is 24.1 Å². The second-order valence-corrected chi connectivity index (χ2v) is 7.14. The van der Waals surface area contributed by atoms with Crippen molar-refractivity contribution >= 4 is 17.4 Å². The second kappa shape index (κ2) is 9.87. The molecule has 1 aromatic carbocycles. The van der Waals surface area contributed by atoms with Crippen LogP contribution < -0.4 is 4.74 Å². The SMILES string of the molecule is COc1ccccc1C1=C(N(C)CCO)C(=O)N(CCCN2CCOCC2)C1=O. The number of amides is 2. The second-order valence-electron chi connectivity index (χ2n) is 7.14. The van der Waals surface area contributed by atoms with Crippen molar-refractivity contribution in [3.63, 3.8) is 0 Å². The van der Waals surface area contributed by atoms with Crippen LogP contribution in [0.1, 0.15) is 12.0 Å². The standard InChI is InChI=1S/C21H29N3O5/c1-22(10-13-25)19-18(16-6-3-4-7-17(16)28-2)20(26)24(21(19)27)9-5-8-23-11-14-29-15-12-23/h3-4,6-7,25H,5,8-15H2,1-2H3. The number of hydrogen-bond donors (Lipinski definition) is 1. The van der Waals surface area contributed by atoms with Gasteiger partial charge in [0.05, 0.1) is 32.5 Å². The quantitative estimate of drug-likeness (QED) is 0.599. The van der Waals surface area contributed by atoms with Crippen molar-refractivity contribution < 1.29 is 24.2 Å². The van der Waals surface area contributed by atoms with Gasteiger partial charge in [-0.15, -0.1) is 0 Å². The Morgan fingerprint density at radius 1 is 1.14 bits per heavy atom. The van der Waals surface area contributed by atoms with Crippen LogP contribution in [0.25, 0.3) is 5.57 Å². The first-order valence-electron chi connectivity index (χ1n) is 9.94. The zero-order chi connectivity index (χ0) is 20.8. The number of benzene rings is 1. The number of aliphatic hydroxyl groups is 1. The lowest BCUT2D eigenvalue weighted by Crippen LogP contribution is -2.40. The molecule has 0 spiro atoms. The fourth-order valence-corrected chi connectivity index (χ4v) is 3.75. The molecule has 1 aromatic rings. The Morgan fingerprint density at radius 2 is 1.86 bits per heavy atom. The fourth-order valence-electron chi connectivity index (χ4n) is 3.75. The van der Waals surface area contributed by atoms with Gasteiger partial charge >= 0.3 is 0 Å². The van der Waals surface area contributed by atoms with Crippen LogP contribution in [0, 0.1) is 0 Å². The average molecular weight is 403 g/mol. The summed E-state index contributed by atoms with van der Waals surface area (Å²) in [7, 11) is 3.25. The highest BCUT2D eigenvalue weighted by atomic mass is 16.5. The summed E-state index contributed by atoms with van der Waals surface area (Å²) >= 11 is 0. The number of ether oxygens (including phenoxy) is 2. The molecule has 1 fully saturated rings. The van der Waals surface area contributed by atoms with E-state index in [9.17, 15) is 14.7 Å². The van der Waals surface area contributed by atoms with Crippen LogP contribution in [0.5, 0.6) is 5.75 Å². The lowest BCUT2D eigenvalue weighted by atomic mass is 10.0. The van der Waals surface area contributed by atoms with E-state index >= 15 is 0 Å². The monoisotopic (exact) mass is 403 g/mol. The van der Waals surface area contributed by atoms with Crippen molar-refractivity contribution in [2.75, 3.05) is 66.7 Å². The number of hydrogen-bond acceptors (Lipinski definition) is 7. The lowest BCUT2D eigenvalue weighted by molar-refractivity contribution is -0.137. The first-order chi connectivity index (χ1) is 14.1. The summed E-state index contributed by atoms with van der Waals surface area (Å²) in [5, 5.41) is 9.34.